The number of nitrogens with one attached hydrogen (secondary N) is 1. The first-order valence-corrected chi connectivity index (χ1v) is 6.14. The van der Waals surface area contributed by atoms with Gasteiger partial charge in [-0.05, 0) is 26.7 Å². The van der Waals surface area contributed by atoms with Crippen molar-refractivity contribution in [2.75, 3.05) is 5.75 Å². The van der Waals surface area contributed by atoms with Crippen LogP contribution in [0.5, 0.6) is 0 Å². The number of rotatable bonds is 4. The molecule has 13 heavy (non-hydrogen) atoms. The predicted molar refractivity (Wildman–Crippen MR) is 58.0 cm³/mol. The third kappa shape index (κ3) is 4.55. The highest BCUT2D eigenvalue weighted by Gasteiger charge is 2.16. The van der Waals surface area contributed by atoms with Gasteiger partial charge in [-0.15, -0.1) is 11.8 Å². The monoisotopic (exact) mass is 201 g/mol. The van der Waals surface area contributed by atoms with Gasteiger partial charge in [0.05, 0.1) is 5.75 Å². The van der Waals surface area contributed by atoms with Crippen molar-refractivity contribution in [1.82, 2.24) is 5.32 Å². The van der Waals surface area contributed by atoms with Crippen molar-refractivity contribution in [2.45, 2.75) is 50.8 Å². The molecule has 0 bridgehead atoms. The van der Waals surface area contributed by atoms with E-state index in [0.29, 0.717) is 5.75 Å². The van der Waals surface area contributed by atoms with E-state index >= 15 is 0 Å². The fraction of sp³-hybridized carbons (Fsp3) is 0.900. The molecule has 76 valence electrons. The fourth-order valence-corrected chi connectivity index (χ4v) is 2.75. The van der Waals surface area contributed by atoms with Gasteiger partial charge in [0.15, 0.2) is 0 Å². The standard InChI is InChI=1S/C10H19NOS/c1-8(2)11-10(12)7-13-9-5-3-4-6-9/h8-9H,3-7H2,1-2H3,(H,11,12). The Morgan fingerprint density at radius 1 is 1.46 bits per heavy atom. The van der Waals surface area contributed by atoms with Gasteiger partial charge in [0.2, 0.25) is 5.91 Å². The number of hydrogen-bond acceptors (Lipinski definition) is 2. The van der Waals surface area contributed by atoms with Crippen molar-refractivity contribution >= 4 is 17.7 Å². The first kappa shape index (κ1) is 10.9. The fourth-order valence-electron chi connectivity index (χ4n) is 1.61. The molecule has 0 aromatic rings. The minimum atomic E-state index is 0.187. The Bertz CT molecular complexity index is 164. The molecule has 1 saturated carbocycles. The molecule has 3 heteroatoms. The van der Waals surface area contributed by atoms with Crippen molar-refractivity contribution in [3.05, 3.63) is 0 Å². The van der Waals surface area contributed by atoms with Crippen molar-refractivity contribution in [1.29, 1.82) is 0 Å². The highest BCUT2D eigenvalue weighted by molar-refractivity contribution is 8.00. The molecule has 1 fully saturated rings. The van der Waals surface area contributed by atoms with E-state index in [1.54, 1.807) is 0 Å². The van der Waals surface area contributed by atoms with Crippen molar-refractivity contribution < 1.29 is 4.79 Å². The minimum absolute atomic E-state index is 0.187. The van der Waals surface area contributed by atoms with E-state index in [1.165, 1.54) is 25.7 Å². The summed E-state index contributed by atoms with van der Waals surface area (Å²) in [5, 5.41) is 3.65. The number of hydrogen-bond donors (Lipinski definition) is 1. The molecule has 0 aromatic carbocycles. The number of carbonyl (C=O) groups excluding carboxylic acids is 1. The summed E-state index contributed by atoms with van der Waals surface area (Å²) in [7, 11) is 0. The SMILES string of the molecule is CC(C)NC(=O)CSC1CCCC1. The van der Waals surface area contributed by atoms with E-state index in [-0.39, 0.29) is 11.9 Å². The second-order valence-corrected chi connectivity index (χ2v) is 5.23. The van der Waals surface area contributed by atoms with Gasteiger partial charge in [-0.2, -0.15) is 0 Å². The predicted octanol–water partition coefficient (Wildman–Crippen LogP) is 2.19. The summed E-state index contributed by atoms with van der Waals surface area (Å²) >= 11 is 1.82. The van der Waals surface area contributed by atoms with E-state index < -0.39 is 0 Å². The minimum Gasteiger partial charge on any atom is -0.353 e. The molecule has 1 aliphatic rings. The maximum Gasteiger partial charge on any atom is 0.230 e. The van der Waals surface area contributed by atoms with Gasteiger partial charge in [0, 0.05) is 11.3 Å². The van der Waals surface area contributed by atoms with Gasteiger partial charge in [-0.3, -0.25) is 4.79 Å². The molecule has 1 N–H and O–H groups in total. The first-order valence-electron chi connectivity index (χ1n) is 5.09. The van der Waals surface area contributed by atoms with Crippen LogP contribution in [0.4, 0.5) is 0 Å². The van der Waals surface area contributed by atoms with E-state index in [2.05, 4.69) is 5.32 Å². The Balaban J connectivity index is 2.07. The highest BCUT2D eigenvalue weighted by atomic mass is 32.2. The van der Waals surface area contributed by atoms with E-state index in [9.17, 15) is 4.79 Å². The molecule has 0 aliphatic heterocycles. The Kier molecular flexibility index (Phi) is 4.64. The van der Waals surface area contributed by atoms with Crippen molar-refractivity contribution in [3.8, 4) is 0 Å². The number of amides is 1. The normalized spacial score (nSPS) is 18.1. The lowest BCUT2D eigenvalue weighted by Crippen LogP contribution is -2.31. The Labute approximate surface area is 84.9 Å². The highest BCUT2D eigenvalue weighted by Crippen LogP contribution is 2.28. The molecule has 0 atom stereocenters. The van der Waals surface area contributed by atoms with Crippen LogP contribution in [0.25, 0.3) is 0 Å². The van der Waals surface area contributed by atoms with Crippen LogP contribution in [0.15, 0.2) is 0 Å². The first-order chi connectivity index (χ1) is 6.18. The van der Waals surface area contributed by atoms with Gasteiger partial charge < -0.3 is 5.32 Å². The van der Waals surface area contributed by atoms with Crippen LogP contribution in [0.2, 0.25) is 0 Å². The largest absolute Gasteiger partial charge is 0.353 e. The van der Waals surface area contributed by atoms with Crippen molar-refractivity contribution in [2.24, 2.45) is 0 Å². The van der Waals surface area contributed by atoms with E-state index in [4.69, 9.17) is 0 Å². The lowest BCUT2D eigenvalue weighted by Gasteiger charge is -2.10. The summed E-state index contributed by atoms with van der Waals surface area (Å²) in [6.45, 7) is 4.00. The Hall–Kier alpha value is -0.180. The zero-order valence-electron chi connectivity index (χ0n) is 8.51. The van der Waals surface area contributed by atoms with Crippen LogP contribution in [-0.2, 0) is 4.79 Å². The van der Waals surface area contributed by atoms with Gasteiger partial charge >= 0.3 is 0 Å². The van der Waals surface area contributed by atoms with Crippen LogP contribution in [0, 0.1) is 0 Å². The average molecular weight is 201 g/mol. The van der Waals surface area contributed by atoms with E-state index in [1.807, 2.05) is 25.6 Å². The van der Waals surface area contributed by atoms with Crippen LogP contribution in [0.3, 0.4) is 0 Å². The van der Waals surface area contributed by atoms with Crippen molar-refractivity contribution in [3.63, 3.8) is 0 Å². The second-order valence-electron chi connectivity index (χ2n) is 3.94. The maximum atomic E-state index is 11.3. The lowest BCUT2D eigenvalue weighted by molar-refractivity contribution is -0.119. The Morgan fingerprint density at radius 2 is 2.08 bits per heavy atom. The summed E-state index contributed by atoms with van der Waals surface area (Å²) < 4.78 is 0. The molecule has 0 saturated heterocycles. The third-order valence-electron chi connectivity index (χ3n) is 2.20. The molecule has 0 radical (unpaired) electrons. The molecule has 2 nitrogen and oxygen atoms in total. The van der Waals surface area contributed by atoms with Gasteiger partial charge in [0.1, 0.15) is 0 Å². The summed E-state index contributed by atoms with van der Waals surface area (Å²) in [5.41, 5.74) is 0. The molecular formula is C10H19NOS. The van der Waals surface area contributed by atoms with Gasteiger partial charge in [-0.25, -0.2) is 0 Å². The Morgan fingerprint density at radius 3 is 2.62 bits per heavy atom. The van der Waals surface area contributed by atoms with Crippen LogP contribution in [0.1, 0.15) is 39.5 Å². The maximum absolute atomic E-state index is 11.3. The van der Waals surface area contributed by atoms with E-state index in [0.717, 1.165) is 5.25 Å². The average Bonchev–Trinajstić information content (AvgIpc) is 2.51. The van der Waals surface area contributed by atoms with Gasteiger partial charge in [-0.1, -0.05) is 12.8 Å². The molecular weight excluding hydrogens is 182 g/mol. The number of carbonyl (C=O) groups is 1. The molecule has 1 rings (SSSR count). The second kappa shape index (κ2) is 5.53. The molecule has 0 aromatic heterocycles. The topological polar surface area (TPSA) is 29.1 Å². The van der Waals surface area contributed by atoms with Gasteiger partial charge in [0.25, 0.3) is 0 Å². The number of thioether (sulfide) groups is 1. The van der Waals surface area contributed by atoms with Crippen LogP contribution < -0.4 is 5.32 Å². The molecule has 0 heterocycles. The molecule has 0 spiro atoms. The summed E-state index contributed by atoms with van der Waals surface area (Å²) in [4.78, 5) is 11.3. The third-order valence-corrected chi connectivity index (χ3v) is 3.57. The summed E-state index contributed by atoms with van der Waals surface area (Å²) in [5.74, 6) is 0.829. The molecule has 1 amide bonds. The van der Waals surface area contributed by atoms with Crippen LogP contribution >= 0.6 is 11.8 Å². The quantitative estimate of drug-likeness (QED) is 0.755. The summed E-state index contributed by atoms with van der Waals surface area (Å²) in [6.07, 6.45) is 5.31. The zero-order valence-corrected chi connectivity index (χ0v) is 9.32. The smallest absolute Gasteiger partial charge is 0.230 e. The van der Waals surface area contributed by atoms with Crippen LogP contribution in [-0.4, -0.2) is 23.0 Å². The lowest BCUT2D eigenvalue weighted by atomic mass is 10.4. The summed E-state index contributed by atoms with van der Waals surface area (Å²) in [6, 6.07) is 0.275. The molecule has 0 unspecified atom stereocenters. The zero-order chi connectivity index (χ0) is 9.68. The molecule has 1 aliphatic carbocycles.